The summed E-state index contributed by atoms with van der Waals surface area (Å²) in [4.78, 5) is 14.8. The Bertz CT molecular complexity index is 269. The van der Waals surface area contributed by atoms with E-state index in [1.54, 1.807) is 7.11 Å². The van der Waals surface area contributed by atoms with Gasteiger partial charge in [-0.2, -0.15) is 0 Å². The minimum absolute atomic E-state index is 0.190. The predicted octanol–water partition coefficient (Wildman–Crippen LogP) is -0.897. The van der Waals surface area contributed by atoms with Crippen molar-refractivity contribution in [2.24, 2.45) is 0 Å². The Morgan fingerprint density at radius 3 is 2.45 bits per heavy atom. The Hall–Kier alpha value is -0.730. The van der Waals surface area contributed by atoms with E-state index in [9.17, 15) is 9.90 Å². The van der Waals surface area contributed by atoms with Crippen LogP contribution in [0.5, 0.6) is 0 Å². The number of aliphatic carboxylic acids is 1. The first kappa shape index (κ1) is 17.3. The molecule has 0 saturated carbocycles. The molecule has 20 heavy (non-hydrogen) atoms. The number of carboxylic acids is 1. The number of methoxy groups -OCH3 is 1. The molecule has 1 aliphatic rings. The SMILES string of the molecule is COCCOCC(O)CN1CCN(CCC(=O)O)CC1. The van der Waals surface area contributed by atoms with Crippen LogP contribution in [0.15, 0.2) is 0 Å². The van der Waals surface area contributed by atoms with Gasteiger partial charge in [-0.25, -0.2) is 0 Å². The van der Waals surface area contributed by atoms with E-state index in [0.717, 1.165) is 26.2 Å². The molecule has 118 valence electrons. The van der Waals surface area contributed by atoms with E-state index in [4.69, 9.17) is 14.6 Å². The molecule has 0 bridgehead atoms. The molecular formula is C13H26N2O5. The number of β-amino-alcohol motifs (C(OH)–C–C–N with tert-alkyl or cyclic N) is 1. The van der Waals surface area contributed by atoms with Gasteiger partial charge in [0, 0.05) is 46.4 Å². The van der Waals surface area contributed by atoms with Crippen molar-refractivity contribution in [2.75, 3.05) is 66.2 Å². The van der Waals surface area contributed by atoms with E-state index < -0.39 is 12.1 Å². The zero-order valence-electron chi connectivity index (χ0n) is 12.2. The smallest absolute Gasteiger partial charge is 0.304 e. The fourth-order valence-electron chi connectivity index (χ4n) is 2.16. The van der Waals surface area contributed by atoms with Crippen LogP contribution in [0.2, 0.25) is 0 Å². The summed E-state index contributed by atoms with van der Waals surface area (Å²) in [6.07, 6.45) is -0.298. The molecule has 1 fully saturated rings. The van der Waals surface area contributed by atoms with Crippen molar-refractivity contribution in [2.45, 2.75) is 12.5 Å². The molecule has 1 saturated heterocycles. The topological polar surface area (TPSA) is 82.5 Å². The highest BCUT2D eigenvalue weighted by Crippen LogP contribution is 2.04. The first-order valence-corrected chi connectivity index (χ1v) is 7.03. The fraction of sp³-hybridized carbons (Fsp3) is 0.923. The number of ether oxygens (including phenoxy) is 2. The lowest BCUT2D eigenvalue weighted by atomic mass is 10.2. The van der Waals surface area contributed by atoms with E-state index in [0.29, 0.717) is 32.9 Å². The van der Waals surface area contributed by atoms with Crippen LogP contribution in [0.1, 0.15) is 6.42 Å². The molecular weight excluding hydrogens is 264 g/mol. The van der Waals surface area contributed by atoms with Crippen molar-refractivity contribution in [3.63, 3.8) is 0 Å². The highest BCUT2D eigenvalue weighted by Gasteiger charge is 2.19. The number of aliphatic hydroxyl groups is 1. The number of carboxylic acid groups (broad SMARTS) is 1. The van der Waals surface area contributed by atoms with Crippen LogP contribution >= 0.6 is 0 Å². The predicted molar refractivity (Wildman–Crippen MR) is 73.8 cm³/mol. The molecule has 1 heterocycles. The van der Waals surface area contributed by atoms with Gasteiger partial charge in [-0.15, -0.1) is 0 Å². The maximum Gasteiger partial charge on any atom is 0.304 e. The van der Waals surface area contributed by atoms with Crippen molar-refractivity contribution < 1.29 is 24.5 Å². The zero-order chi connectivity index (χ0) is 14.8. The largest absolute Gasteiger partial charge is 0.481 e. The van der Waals surface area contributed by atoms with Gasteiger partial charge in [-0.1, -0.05) is 0 Å². The maximum absolute atomic E-state index is 10.5. The molecule has 1 rings (SSSR count). The van der Waals surface area contributed by atoms with E-state index >= 15 is 0 Å². The quantitative estimate of drug-likeness (QED) is 0.505. The molecule has 0 radical (unpaired) electrons. The molecule has 2 N–H and O–H groups in total. The van der Waals surface area contributed by atoms with Crippen LogP contribution in [0.25, 0.3) is 0 Å². The summed E-state index contributed by atoms with van der Waals surface area (Å²) >= 11 is 0. The lowest BCUT2D eigenvalue weighted by molar-refractivity contribution is -0.137. The lowest BCUT2D eigenvalue weighted by Crippen LogP contribution is -2.49. The van der Waals surface area contributed by atoms with E-state index in [2.05, 4.69) is 9.80 Å². The average Bonchev–Trinajstić information content (AvgIpc) is 2.43. The van der Waals surface area contributed by atoms with Crippen molar-refractivity contribution >= 4 is 5.97 Å². The van der Waals surface area contributed by atoms with Crippen LogP contribution in [-0.2, 0) is 14.3 Å². The van der Waals surface area contributed by atoms with E-state index in [1.807, 2.05) is 0 Å². The van der Waals surface area contributed by atoms with Gasteiger partial charge in [0.2, 0.25) is 0 Å². The second kappa shape index (κ2) is 10.1. The molecule has 7 heteroatoms. The Morgan fingerprint density at radius 2 is 1.85 bits per heavy atom. The highest BCUT2D eigenvalue weighted by molar-refractivity contribution is 5.66. The normalized spacial score (nSPS) is 19.1. The van der Waals surface area contributed by atoms with Crippen molar-refractivity contribution in [1.29, 1.82) is 0 Å². The number of aliphatic hydroxyl groups excluding tert-OH is 1. The molecule has 1 unspecified atom stereocenters. The van der Waals surface area contributed by atoms with Gasteiger partial charge in [-0.3, -0.25) is 9.69 Å². The second-order valence-electron chi connectivity index (χ2n) is 5.01. The van der Waals surface area contributed by atoms with Gasteiger partial charge in [0.1, 0.15) is 0 Å². The minimum atomic E-state index is -0.754. The van der Waals surface area contributed by atoms with Crippen LogP contribution in [0, 0.1) is 0 Å². The first-order valence-electron chi connectivity index (χ1n) is 7.03. The molecule has 0 amide bonds. The van der Waals surface area contributed by atoms with Gasteiger partial charge in [0.05, 0.1) is 32.3 Å². The Kier molecular flexibility index (Phi) is 8.72. The number of hydrogen-bond acceptors (Lipinski definition) is 6. The second-order valence-corrected chi connectivity index (χ2v) is 5.01. The summed E-state index contributed by atoms with van der Waals surface area (Å²) in [5, 5.41) is 18.5. The molecule has 1 aliphatic heterocycles. The van der Waals surface area contributed by atoms with Crippen LogP contribution in [-0.4, -0.2) is 98.3 Å². The molecule has 0 aromatic heterocycles. The summed E-state index contributed by atoms with van der Waals surface area (Å²) in [5.41, 5.74) is 0. The highest BCUT2D eigenvalue weighted by atomic mass is 16.5. The molecule has 7 nitrogen and oxygen atoms in total. The summed E-state index contributed by atoms with van der Waals surface area (Å²) < 4.78 is 10.1. The Labute approximate surface area is 120 Å². The van der Waals surface area contributed by atoms with Gasteiger partial charge in [-0.05, 0) is 0 Å². The van der Waals surface area contributed by atoms with E-state index in [1.165, 1.54) is 0 Å². The van der Waals surface area contributed by atoms with Crippen LogP contribution < -0.4 is 0 Å². The van der Waals surface area contributed by atoms with Gasteiger partial charge in [0.15, 0.2) is 0 Å². The molecule has 0 aromatic carbocycles. The molecule has 1 atom stereocenters. The van der Waals surface area contributed by atoms with Crippen molar-refractivity contribution in [1.82, 2.24) is 9.80 Å². The molecule has 0 aliphatic carbocycles. The number of carbonyl (C=O) groups is 1. The summed E-state index contributed by atoms with van der Waals surface area (Å²) in [5.74, 6) is -0.754. The number of rotatable bonds is 10. The standard InChI is InChI=1S/C13H26N2O5/c1-19-8-9-20-11-12(16)10-15-6-4-14(5-7-15)3-2-13(17)18/h12,16H,2-11H2,1H3,(H,17,18). The van der Waals surface area contributed by atoms with Crippen molar-refractivity contribution in [3.8, 4) is 0 Å². The number of piperazine rings is 1. The number of nitrogens with zero attached hydrogens (tertiary/aromatic N) is 2. The zero-order valence-corrected chi connectivity index (χ0v) is 12.2. The molecule has 0 aromatic rings. The van der Waals surface area contributed by atoms with Gasteiger partial charge >= 0.3 is 5.97 Å². The van der Waals surface area contributed by atoms with E-state index in [-0.39, 0.29) is 6.42 Å². The van der Waals surface area contributed by atoms with Crippen LogP contribution in [0.4, 0.5) is 0 Å². The monoisotopic (exact) mass is 290 g/mol. The molecule has 0 spiro atoms. The summed E-state index contributed by atoms with van der Waals surface area (Å²) in [6.45, 7) is 5.97. The summed E-state index contributed by atoms with van der Waals surface area (Å²) in [7, 11) is 1.61. The lowest BCUT2D eigenvalue weighted by Gasteiger charge is -2.35. The minimum Gasteiger partial charge on any atom is -0.481 e. The first-order chi connectivity index (χ1) is 9.61. The number of hydrogen-bond donors (Lipinski definition) is 2. The Balaban J connectivity index is 2.07. The van der Waals surface area contributed by atoms with Gasteiger partial charge < -0.3 is 24.6 Å². The fourth-order valence-corrected chi connectivity index (χ4v) is 2.16. The summed E-state index contributed by atoms with van der Waals surface area (Å²) in [6, 6.07) is 0. The Morgan fingerprint density at radius 1 is 1.20 bits per heavy atom. The average molecular weight is 290 g/mol. The van der Waals surface area contributed by atoms with Crippen molar-refractivity contribution in [3.05, 3.63) is 0 Å². The third kappa shape index (κ3) is 7.76. The van der Waals surface area contributed by atoms with Crippen LogP contribution in [0.3, 0.4) is 0 Å². The van der Waals surface area contributed by atoms with Gasteiger partial charge in [0.25, 0.3) is 0 Å². The third-order valence-electron chi connectivity index (χ3n) is 3.32. The maximum atomic E-state index is 10.5. The third-order valence-corrected chi connectivity index (χ3v) is 3.32.